The van der Waals surface area contributed by atoms with Crippen molar-refractivity contribution in [3.63, 3.8) is 0 Å². The van der Waals surface area contributed by atoms with E-state index in [4.69, 9.17) is 5.84 Å². The Hall–Kier alpha value is -1.78. The summed E-state index contributed by atoms with van der Waals surface area (Å²) >= 11 is 0. The van der Waals surface area contributed by atoms with E-state index in [-0.39, 0.29) is 11.9 Å². The molecule has 2 aromatic rings. The summed E-state index contributed by atoms with van der Waals surface area (Å²) in [5.41, 5.74) is 5.45. The molecular formula is C15H18FN3. The van der Waals surface area contributed by atoms with Gasteiger partial charge < -0.3 is 0 Å². The SMILES string of the molecule is Cc1cc(C(CCc2ccccn2)NN)ccc1F. The molecule has 0 saturated heterocycles. The zero-order chi connectivity index (χ0) is 13.7. The van der Waals surface area contributed by atoms with Crippen LogP contribution in [0.25, 0.3) is 0 Å². The average molecular weight is 259 g/mol. The third-order valence-corrected chi connectivity index (χ3v) is 3.20. The Labute approximate surface area is 112 Å². The Morgan fingerprint density at radius 3 is 2.79 bits per heavy atom. The molecule has 4 heteroatoms. The second kappa shape index (κ2) is 6.41. The molecule has 19 heavy (non-hydrogen) atoms. The van der Waals surface area contributed by atoms with E-state index >= 15 is 0 Å². The van der Waals surface area contributed by atoms with Crippen LogP contribution in [0.2, 0.25) is 0 Å². The lowest BCUT2D eigenvalue weighted by molar-refractivity contribution is 0.511. The van der Waals surface area contributed by atoms with E-state index in [0.717, 1.165) is 24.1 Å². The zero-order valence-electron chi connectivity index (χ0n) is 10.9. The van der Waals surface area contributed by atoms with Crippen LogP contribution in [0.3, 0.4) is 0 Å². The maximum absolute atomic E-state index is 13.3. The third-order valence-electron chi connectivity index (χ3n) is 3.20. The Morgan fingerprint density at radius 1 is 1.32 bits per heavy atom. The molecule has 1 atom stereocenters. The predicted octanol–water partition coefficient (Wildman–Crippen LogP) is 2.67. The summed E-state index contributed by atoms with van der Waals surface area (Å²) in [4.78, 5) is 4.28. The Kier molecular flexibility index (Phi) is 4.60. The number of hydrogen-bond acceptors (Lipinski definition) is 3. The number of benzene rings is 1. The van der Waals surface area contributed by atoms with Gasteiger partial charge >= 0.3 is 0 Å². The molecule has 1 heterocycles. The number of rotatable bonds is 5. The molecule has 0 aliphatic rings. The lowest BCUT2D eigenvalue weighted by Crippen LogP contribution is -2.28. The van der Waals surface area contributed by atoms with E-state index in [2.05, 4.69) is 10.4 Å². The van der Waals surface area contributed by atoms with Crippen LogP contribution in [0.5, 0.6) is 0 Å². The summed E-state index contributed by atoms with van der Waals surface area (Å²) in [5, 5.41) is 0. The molecule has 1 aromatic heterocycles. The minimum Gasteiger partial charge on any atom is -0.271 e. The van der Waals surface area contributed by atoms with Gasteiger partial charge in [0.05, 0.1) is 0 Å². The first kappa shape index (κ1) is 13.6. The van der Waals surface area contributed by atoms with Crippen molar-refractivity contribution in [3.8, 4) is 0 Å². The Morgan fingerprint density at radius 2 is 2.16 bits per heavy atom. The van der Waals surface area contributed by atoms with Gasteiger partial charge in [0, 0.05) is 17.9 Å². The standard InChI is InChI=1S/C15H18FN3/c1-11-10-12(5-7-14(11)16)15(19-17)8-6-13-4-2-3-9-18-13/h2-5,7,9-10,15,19H,6,8,17H2,1H3. The number of aryl methyl sites for hydroxylation is 2. The molecule has 1 unspecified atom stereocenters. The van der Waals surface area contributed by atoms with Gasteiger partial charge in [-0.1, -0.05) is 18.2 Å². The van der Waals surface area contributed by atoms with E-state index in [1.165, 1.54) is 6.07 Å². The molecule has 0 saturated carbocycles. The van der Waals surface area contributed by atoms with Crippen LogP contribution in [0.15, 0.2) is 42.6 Å². The maximum Gasteiger partial charge on any atom is 0.126 e. The smallest absolute Gasteiger partial charge is 0.126 e. The second-order valence-corrected chi connectivity index (χ2v) is 4.59. The lowest BCUT2D eigenvalue weighted by Gasteiger charge is -2.16. The summed E-state index contributed by atoms with van der Waals surface area (Å²) in [6.07, 6.45) is 3.42. The maximum atomic E-state index is 13.3. The van der Waals surface area contributed by atoms with Crippen LogP contribution in [-0.2, 0) is 6.42 Å². The van der Waals surface area contributed by atoms with Crippen molar-refractivity contribution >= 4 is 0 Å². The monoisotopic (exact) mass is 259 g/mol. The molecular weight excluding hydrogens is 241 g/mol. The molecule has 100 valence electrons. The van der Waals surface area contributed by atoms with Crippen LogP contribution in [0.4, 0.5) is 4.39 Å². The molecule has 0 spiro atoms. The lowest BCUT2D eigenvalue weighted by atomic mass is 9.99. The van der Waals surface area contributed by atoms with Gasteiger partial charge in [-0.3, -0.25) is 16.3 Å². The number of nitrogens with one attached hydrogen (secondary N) is 1. The highest BCUT2D eigenvalue weighted by atomic mass is 19.1. The highest BCUT2D eigenvalue weighted by Crippen LogP contribution is 2.20. The first-order valence-electron chi connectivity index (χ1n) is 6.33. The van der Waals surface area contributed by atoms with Gasteiger partial charge in [-0.2, -0.15) is 0 Å². The third kappa shape index (κ3) is 3.59. The van der Waals surface area contributed by atoms with E-state index < -0.39 is 0 Å². The van der Waals surface area contributed by atoms with Gasteiger partial charge in [-0.05, 0) is 49.1 Å². The van der Waals surface area contributed by atoms with E-state index in [1.54, 1.807) is 19.2 Å². The van der Waals surface area contributed by atoms with Crippen molar-refractivity contribution in [2.24, 2.45) is 5.84 Å². The molecule has 0 amide bonds. The van der Waals surface area contributed by atoms with Crippen molar-refractivity contribution in [1.82, 2.24) is 10.4 Å². The van der Waals surface area contributed by atoms with Crippen molar-refractivity contribution in [2.45, 2.75) is 25.8 Å². The topological polar surface area (TPSA) is 50.9 Å². The Balaban J connectivity index is 2.05. The summed E-state index contributed by atoms with van der Waals surface area (Å²) in [7, 11) is 0. The van der Waals surface area contributed by atoms with Crippen LogP contribution < -0.4 is 11.3 Å². The molecule has 0 radical (unpaired) electrons. The fraction of sp³-hybridized carbons (Fsp3) is 0.267. The first-order valence-corrected chi connectivity index (χ1v) is 6.33. The second-order valence-electron chi connectivity index (χ2n) is 4.59. The summed E-state index contributed by atoms with van der Waals surface area (Å²) in [5.74, 6) is 5.40. The highest BCUT2D eigenvalue weighted by Gasteiger charge is 2.11. The molecule has 0 fully saturated rings. The summed E-state index contributed by atoms with van der Waals surface area (Å²) < 4.78 is 13.3. The number of hydrogen-bond donors (Lipinski definition) is 2. The van der Waals surface area contributed by atoms with Gasteiger partial charge in [-0.15, -0.1) is 0 Å². The Bertz CT molecular complexity index is 528. The summed E-state index contributed by atoms with van der Waals surface area (Å²) in [6, 6.07) is 10.9. The van der Waals surface area contributed by atoms with Crippen molar-refractivity contribution in [3.05, 3.63) is 65.2 Å². The van der Waals surface area contributed by atoms with Crippen LogP contribution in [0.1, 0.15) is 29.3 Å². The van der Waals surface area contributed by atoms with Crippen LogP contribution in [0, 0.1) is 12.7 Å². The van der Waals surface area contributed by atoms with E-state index in [9.17, 15) is 4.39 Å². The van der Waals surface area contributed by atoms with Crippen LogP contribution >= 0.6 is 0 Å². The normalized spacial score (nSPS) is 12.4. The first-order chi connectivity index (χ1) is 9.20. The highest BCUT2D eigenvalue weighted by molar-refractivity contribution is 5.26. The molecule has 0 aliphatic carbocycles. The minimum absolute atomic E-state index is 0.00121. The van der Waals surface area contributed by atoms with E-state index in [0.29, 0.717) is 5.56 Å². The van der Waals surface area contributed by atoms with Gasteiger partial charge in [0.15, 0.2) is 0 Å². The van der Waals surface area contributed by atoms with Crippen molar-refractivity contribution in [1.29, 1.82) is 0 Å². The number of hydrazine groups is 1. The van der Waals surface area contributed by atoms with Crippen LogP contribution in [-0.4, -0.2) is 4.98 Å². The quantitative estimate of drug-likeness (QED) is 0.641. The largest absolute Gasteiger partial charge is 0.271 e. The number of nitrogens with zero attached hydrogens (tertiary/aromatic N) is 1. The van der Waals surface area contributed by atoms with Gasteiger partial charge in [0.25, 0.3) is 0 Å². The molecule has 1 aromatic carbocycles. The number of nitrogens with two attached hydrogens (primary N) is 1. The van der Waals surface area contributed by atoms with Crippen molar-refractivity contribution in [2.75, 3.05) is 0 Å². The fourth-order valence-electron chi connectivity index (χ4n) is 2.07. The minimum atomic E-state index is -0.191. The molecule has 3 nitrogen and oxygen atoms in total. The fourth-order valence-corrected chi connectivity index (χ4v) is 2.07. The van der Waals surface area contributed by atoms with Gasteiger partial charge in [0.1, 0.15) is 5.82 Å². The molecule has 0 bridgehead atoms. The predicted molar refractivity (Wildman–Crippen MR) is 73.8 cm³/mol. The number of aromatic nitrogens is 1. The van der Waals surface area contributed by atoms with Gasteiger partial charge in [0.2, 0.25) is 0 Å². The average Bonchev–Trinajstić information content (AvgIpc) is 2.44. The molecule has 2 rings (SSSR count). The van der Waals surface area contributed by atoms with E-state index in [1.807, 2.05) is 24.3 Å². The molecule has 3 N–H and O–H groups in total. The zero-order valence-corrected chi connectivity index (χ0v) is 10.9. The summed E-state index contributed by atoms with van der Waals surface area (Å²) in [6.45, 7) is 1.76. The number of halogens is 1. The van der Waals surface area contributed by atoms with Gasteiger partial charge in [-0.25, -0.2) is 4.39 Å². The number of pyridine rings is 1. The molecule has 0 aliphatic heterocycles. The van der Waals surface area contributed by atoms with Crippen molar-refractivity contribution < 1.29 is 4.39 Å².